The van der Waals surface area contributed by atoms with Crippen LogP contribution in [0.3, 0.4) is 0 Å². The average molecular weight is 227 g/mol. The van der Waals surface area contributed by atoms with Crippen LogP contribution in [0.5, 0.6) is 0 Å². The zero-order chi connectivity index (χ0) is 11.1. The standard InChI is InChI=1S/C11H21N3S/c1-4-12-10(7-9-15-3)11-6-8-13-14(11)5-2/h6,8,10,12H,4-5,7,9H2,1-3H3. The van der Waals surface area contributed by atoms with E-state index in [9.17, 15) is 0 Å². The molecule has 0 amide bonds. The van der Waals surface area contributed by atoms with Crippen LogP contribution in [0.2, 0.25) is 0 Å². The lowest BCUT2D eigenvalue weighted by Gasteiger charge is -2.18. The fraction of sp³-hybridized carbons (Fsp3) is 0.727. The molecule has 0 bridgehead atoms. The Hall–Kier alpha value is -0.480. The highest BCUT2D eigenvalue weighted by Gasteiger charge is 2.13. The molecule has 0 aliphatic rings. The molecule has 0 aromatic carbocycles. The van der Waals surface area contributed by atoms with Crippen molar-refractivity contribution in [2.24, 2.45) is 0 Å². The second-order valence-electron chi connectivity index (χ2n) is 3.46. The maximum atomic E-state index is 4.32. The molecular weight excluding hydrogens is 206 g/mol. The maximum Gasteiger partial charge on any atom is 0.0553 e. The molecule has 1 aromatic heterocycles. The van der Waals surface area contributed by atoms with E-state index < -0.39 is 0 Å². The molecule has 0 fully saturated rings. The second-order valence-corrected chi connectivity index (χ2v) is 4.45. The van der Waals surface area contributed by atoms with E-state index in [-0.39, 0.29) is 0 Å². The number of nitrogens with one attached hydrogen (secondary N) is 1. The minimum atomic E-state index is 0.449. The van der Waals surface area contributed by atoms with Gasteiger partial charge in [-0.3, -0.25) is 4.68 Å². The van der Waals surface area contributed by atoms with Crippen LogP contribution in [0.4, 0.5) is 0 Å². The van der Waals surface area contributed by atoms with Gasteiger partial charge in [0.2, 0.25) is 0 Å². The molecule has 0 aliphatic carbocycles. The van der Waals surface area contributed by atoms with Crippen molar-refractivity contribution in [2.45, 2.75) is 32.9 Å². The Morgan fingerprint density at radius 1 is 1.53 bits per heavy atom. The van der Waals surface area contributed by atoms with E-state index >= 15 is 0 Å². The Balaban J connectivity index is 2.69. The Kier molecular flexibility index (Phi) is 5.79. The molecule has 1 heterocycles. The molecule has 0 spiro atoms. The topological polar surface area (TPSA) is 29.9 Å². The SMILES string of the molecule is CCNC(CCSC)c1ccnn1CC. The van der Waals surface area contributed by atoms with Gasteiger partial charge in [0.05, 0.1) is 5.69 Å². The largest absolute Gasteiger partial charge is 0.309 e. The van der Waals surface area contributed by atoms with Gasteiger partial charge in [-0.1, -0.05) is 6.92 Å². The van der Waals surface area contributed by atoms with E-state index in [2.05, 4.69) is 41.3 Å². The number of hydrogen-bond donors (Lipinski definition) is 1. The van der Waals surface area contributed by atoms with Crippen molar-refractivity contribution in [3.63, 3.8) is 0 Å². The van der Waals surface area contributed by atoms with E-state index in [0.29, 0.717) is 6.04 Å². The van der Waals surface area contributed by atoms with Crippen LogP contribution in [-0.2, 0) is 6.54 Å². The summed E-state index contributed by atoms with van der Waals surface area (Å²) in [6.45, 7) is 6.24. The van der Waals surface area contributed by atoms with Crippen molar-refractivity contribution in [1.29, 1.82) is 0 Å². The first-order valence-corrected chi connectivity index (χ1v) is 6.96. The molecule has 0 radical (unpaired) electrons. The highest BCUT2D eigenvalue weighted by Crippen LogP contribution is 2.18. The van der Waals surface area contributed by atoms with Crippen molar-refractivity contribution in [3.8, 4) is 0 Å². The van der Waals surface area contributed by atoms with Gasteiger partial charge in [0.25, 0.3) is 0 Å². The quantitative estimate of drug-likeness (QED) is 0.775. The van der Waals surface area contributed by atoms with E-state index in [1.54, 1.807) is 0 Å². The Morgan fingerprint density at radius 2 is 2.33 bits per heavy atom. The highest BCUT2D eigenvalue weighted by molar-refractivity contribution is 7.98. The van der Waals surface area contributed by atoms with Crippen LogP contribution in [0, 0.1) is 0 Å². The molecule has 3 nitrogen and oxygen atoms in total. The smallest absolute Gasteiger partial charge is 0.0553 e. The number of aromatic nitrogens is 2. The van der Waals surface area contributed by atoms with Crippen LogP contribution < -0.4 is 5.32 Å². The monoisotopic (exact) mass is 227 g/mol. The van der Waals surface area contributed by atoms with Crippen LogP contribution in [0.25, 0.3) is 0 Å². The van der Waals surface area contributed by atoms with Crippen molar-refractivity contribution >= 4 is 11.8 Å². The molecule has 1 rings (SSSR count). The summed E-state index contributed by atoms with van der Waals surface area (Å²) in [6.07, 6.45) is 5.21. The van der Waals surface area contributed by atoms with Crippen molar-refractivity contribution in [2.75, 3.05) is 18.6 Å². The predicted octanol–water partition coefficient (Wildman–Crippen LogP) is 2.31. The van der Waals surface area contributed by atoms with Crippen LogP contribution in [-0.4, -0.2) is 28.3 Å². The highest BCUT2D eigenvalue weighted by atomic mass is 32.2. The summed E-state index contributed by atoms with van der Waals surface area (Å²) in [4.78, 5) is 0. The minimum Gasteiger partial charge on any atom is -0.309 e. The summed E-state index contributed by atoms with van der Waals surface area (Å²) in [5, 5.41) is 7.84. The third-order valence-electron chi connectivity index (χ3n) is 2.47. The molecule has 1 aromatic rings. The van der Waals surface area contributed by atoms with E-state index in [1.807, 2.05) is 18.0 Å². The molecule has 1 atom stereocenters. The van der Waals surface area contributed by atoms with Crippen molar-refractivity contribution in [1.82, 2.24) is 15.1 Å². The van der Waals surface area contributed by atoms with Gasteiger partial charge in [-0.2, -0.15) is 16.9 Å². The fourth-order valence-electron chi connectivity index (χ4n) is 1.74. The third-order valence-corrected chi connectivity index (χ3v) is 3.11. The van der Waals surface area contributed by atoms with Crippen molar-refractivity contribution in [3.05, 3.63) is 18.0 Å². The lowest BCUT2D eigenvalue weighted by atomic mass is 10.1. The first kappa shape index (κ1) is 12.6. The van der Waals surface area contributed by atoms with Crippen molar-refractivity contribution < 1.29 is 0 Å². The van der Waals surface area contributed by atoms with Gasteiger partial charge >= 0.3 is 0 Å². The lowest BCUT2D eigenvalue weighted by molar-refractivity contribution is 0.484. The molecule has 1 N–H and O–H groups in total. The first-order valence-electron chi connectivity index (χ1n) is 5.57. The van der Waals surface area contributed by atoms with Crippen LogP contribution in [0.1, 0.15) is 32.0 Å². The molecule has 4 heteroatoms. The Labute approximate surface area is 96.6 Å². The molecule has 0 aliphatic heterocycles. The van der Waals surface area contributed by atoms with Gasteiger partial charge in [0.1, 0.15) is 0 Å². The molecular formula is C11H21N3S. The summed E-state index contributed by atoms with van der Waals surface area (Å²) in [5.74, 6) is 1.19. The zero-order valence-corrected chi connectivity index (χ0v) is 10.7. The minimum absolute atomic E-state index is 0.449. The third kappa shape index (κ3) is 3.54. The maximum absolute atomic E-state index is 4.32. The summed E-state index contributed by atoms with van der Waals surface area (Å²) >= 11 is 1.90. The summed E-state index contributed by atoms with van der Waals surface area (Å²) in [5.41, 5.74) is 1.31. The summed E-state index contributed by atoms with van der Waals surface area (Å²) in [6, 6.07) is 2.57. The first-order chi connectivity index (χ1) is 7.33. The molecule has 1 unspecified atom stereocenters. The van der Waals surface area contributed by atoms with Crippen LogP contribution >= 0.6 is 11.8 Å². The van der Waals surface area contributed by atoms with Crippen LogP contribution in [0.15, 0.2) is 12.3 Å². The summed E-state index contributed by atoms with van der Waals surface area (Å²) < 4.78 is 2.08. The number of hydrogen-bond acceptors (Lipinski definition) is 3. The van der Waals surface area contributed by atoms with Gasteiger partial charge in [0, 0.05) is 18.8 Å². The van der Waals surface area contributed by atoms with Gasteiger partial charge in [-0.05, 0) is 38.0 Å². The number of rotatable bonds is 7. The Morgan fingerprint density at radius 3 is 2.93 bits per heavy atom. The summed E-state index contributed by atoms with van der Waals surface area (Å²) in [7, 11) is 0. The number of aryl methyl sites for hydroxylation is 1. The van der Waals surface area contributed by atoms with Gasteiger partial charge in [-0.25, -0.2) is 0 Å². The van der Waals surface area contributed by atoms with E-state index in [0.717, 1.165) is 13.1 Å². The second kappa shape index (κ2) is 6.90. The Bertz CT molecular complexity index is 273. The molecule has 86 valence electrons. The zero-order valence-electron chi connectivity index (χ0n) is 9.86. The normalized spacial score (nSPS) is 13.0. The van der Waals surface area contributed by atoms with Gasteiger partial charge in [0.15, 0.2) is 0 Å². The van der Waals surface area contributed by atoms with E-state index in [4.69, 9.17) is 0 Å². The molecule has 15 heavy (non-hydrogen) atoms. The fourth-order valence-corrected chi connectivity index (χ4v) is 2.21. The van der Waals surface area contributed by atoms with E-state index in [1.165, 1.54) is 17.9 Å². The van der Waals surface area contributed by atoms with Gasteiger partial charge < -0.3 is 5.32 Å². The van der Waals surface area contributed by atoms with Gasteiger partial charge in [-0.15, -0.1) is 0 Å². The predicted molar refractivity (Wildman–Crippen MR) is 67.3 cm³/mol. The lowest BCUT2D eigenvalue weighted by Crippen LogP contribution is -2.24. The number of nitrogens with zero attached hydrogens (tertiary/aromatic N) is 2. The molecule has 0 saturated carbocycles. The molecule has 0 saturated heterocycles. The number of thioether (sulfide) groups is 1. The average Bonchev–Trinajstić information content (AvgIpc) is 2.72.